The van der Waals surface area contributed by atoms with Crippen molar-refractivity contribution in [3.63, 3.8) is 0 Å². The van der Waals surface area contributed by atoms with Gasteiger partial charge < -0.3 is 20.4 Å². The number of benzene rings is 2. The number of rotatable bonds is 2. The smallest absolute Gasteiger partial charge is 0.339 e. The first kappa shape index (κ1) is 20.8. The molecule has 0 aliphatic heterocycles. The molecule has 0 saturated heterocycles. The van der Waals surface area contributed by atoms with Gasteiger partial charge in [0.15, 0.2) is 0 Å². The highest BCUT2D eigenvalue weighted by Gasteiger charge is 2.15. The Hall–Kier alpha value is -2.29. The van der Waals surface area contributed by atoms with Gasteiger partial charge in [0.05, 0.1) is 0 Å². The Bertz CT molecular complexity index is 842. The SMILES string of the molecule is Cc1c(I)cc(C(=O)O)c(O)c1C.Cc1ccc(C(=O)O)c(O)c1C. The van der Waals surface area contributed by atoms with E-state index >= 15 is 0 Å². The largest absolute Gasteiger partial charge is 0.507 e. The molecule has 25 heavy (non-hydrogen) atoms. The summed E-state index contributed by atoms with van der Waals surface area (Å²) in [5.74, 6) is -2.47. The van der Waals surface area contributed by atoms with Crippen molar-refractivity contribution in [2.75, 3.05) is 0 Å². The van der Waals surface area contributed by atoms with Crippen LogP contribution in [0.2, 0.25) is 0 Å². The van der Waals surface area contributed by atoms with E-state index in [0.29, 0.717) is 11.1 Å². The highest BCUT2D eigenvalue weighted by Crippen LogP contribution is 2.28. The van der Waals surface area contributed by atoms with E-state index in [4.69, 9.17) is 10.2 Å². The van der Waals surface area contributed by atoms with Crippen LogP contribution in [-0.4, -0.2) is 32.4 Å². The predicted octanol–water partition coefficient (Wildman–Crippen LogP) is 4.02. The second-order valence-electron chi connectivity index (χ2n) is 5.52. The minimum Gasteiger partial charge on any atom is -0.507 e. The molecule has 0 bridgehead atoms. The molecule has 0 unspecified atom stereocenters. The Labute approximate surface area is 158 Å². The summed E-state index contributed by atoms with van der Waals surface area (Å²) in [5, 5.41) is 36.2. The van der Waals surface area contributed by atoms with Gasteiger partial charge >= 0.3 is 11.9 Å². The van der Waals surface area contributed by atoms with Gasteiger partial charge in [-0.25, -0.2) is 9.59 Å². The lowest BCUT2D eigenvalue weighted by Gasteiger charge is -2.08. The topological polar surface area (TPSA) is 115 Å². The van der Waals surface area contributed by atoms with E-state index < -0.39 is 11.9 Å². The van der Waals surface area contributed by atoms with E-state index in [1.165, 1.54) is 12.1 Å². The first-order valence-corrected chi connectivity index (χ1v) is 8.31. The van der Waals surface area contributed by atoms with Crippen LogP contribution in [0.1, 0.15) is 43.0 Å². The quantitative estimate of drug-likeness (QED) is 0.506. The predicted molar refractivity (Wildman–Crippen MR) is 102 cm³/mol. The van der Waals surface area contributed by atoms with Crippen molar-refractivity contribution >= 4 is 34.5 Å². The molecular weight excluding hydrogens is 439 g/mol. The average molecular weight is 458 g/mol. The maximum Gasteiger partial charge on any atom is 0.339 e. The zero-order chi connectivity index (χ0) is 19.5. The normalized spacial score (nSPS) is 9.96. The molecule has 6 nitrogen and oxygen atoms in total. The number of hydrogen-bond acceptors (Lipinski definition) is 4. The average Bonchev–Trinajstić information content (AvgIpc) is 2.54. The third kappa shape index (κ3) is 4.62. The van der Waals surface area contributed by atoms with Crippen LogP contribution in [-0.2, 0) is 0 Å². The Balaban J connectivity index is 0.000000251. The summed E-state index contributed by atoms with van der Waals surface area (Å²) in [6, 6.07) is 4.55. The second kappa shape index (κ2) is 8.19. The van der Waals surface area contributed by atoms with Crippen molar-refractivity contribution in [2.45, 2.75) is 27.7 Å². The summed E-state index contributed by atoms with van der Waals surface area (Å²) in [7, 11) is 0. The van der Waals surface area contributed by atoms with Gasteiger partial charge in [-0.2, -0.15) is 0 Å². The van der Waals surface area contributed by atoms with E-state index in [1.54, 1.807) is 19.9 Å². The van der Waals surface area contributed by atoms with Crippen molar-refractivity contribution in [1.82, 2.24) is 0 Å². The lowest BCUT2D eigenvalue weighted by Crippen LogP contribution is -2.00. The van der Waals surface area contributed by atoms with E-state index in [2.05, 4.69) is 22.6 Å². The fraction of sp³-hybridized carbons (Fsp3) is 0.222. The highest BCUT2D eigenvalue weighted by atomic mass is 127. The molecule has 0 spiro atoms. The molecular formula is C18H19IO6. The second-order valence-corrected chi connectivity index (χ2v) is 6.68. The molecule has 0 atom stereocenters. The number of carbonyl (C=O) groups is 2. The van der Waals surface area contributed by atoms with Crippen molar-refractivity contribution < 1.29 is 30.0 Å². The zero-order valence-corrected chi connectivity index (χ0v) is 16.4. The van der Waals surface area contributed by atoms with Crippen LogP contribution in [0.5, 0.6) is 11.5 Å². The minimum absolute atomic E-state index is 0.0347. The van der Waals surface area contributed by atoms with Gasteiger partial charge in [0, 0.05) is 3.57 Å². The molecule has 7 heteroatoms. The van der Waals surface area contributed by atoms with Gasteiger partial charge in [0.25, 0.3) is 0 Å². The number of aromatic hydroxyl groups is 2. The number of aromatic carboxylic acids is 2. The Morgan fingerprint density at radius 3 is 1.76 bits per heavy atom. The van der Waals surface area contributed by atoms with Gasteiger partial charge in [0.1, 0.15) is 22.6 Å². The van der Waals surface area contributed by atoms with Crippen LogP contribution < -0.4 is 0 Å². The molecule has 0 saturated carbocycles. The van der Waals surface area contributed by atoms with E-state index in [1.807, 2.05) is 13.8 Å². The lowest BCUT2D eigenvalue weighted by molar-refractivity contribution is 0.0682. The molecule has 0 amide bonds. The van der Waals surface area contributed by atoms with Gasteiger partial charge in [-0.15, -0.1) is 0 Å². The van der Waals surface area contributed by atoms with E-state index in [-0.39, 0.29) is 22.6 Å². The molecule has 4 N–H and O–H groups in total. The Morgan fingerprint density at radius 1 is 0.800 bits per heavy atom. The summed E-state index contributed by atoms with van der Waals surface area (Å²) in [5.41, 5.74) is 2.98. The van der Waals surface area contributed by atoms with Crippen LogP contribution >= 0.6 is 22.6 Å². The summed E-state index contributed by atoms with van der Waals surface area (Å²) in [4.78, 5) is 21.2. The summed E-state index contributed by atoms with van der Waals surface area (Å²) < 4.78 is 0.852. The Kier molecular flexibility index (Phi) is 6.80. The van der Waals surface area contributed by atoms with E-state index in [0.717, 1.165) is 14.7 Å². The summed E-state index contributed by atoms with van der Waals surface area (Å²) >= 11 is 2.05. The molecule has 2 rings (SSSR count). The maximum atomic E-state index is 10.7. The molecule has 0 radical (unpaired) electrons. The van der Waals surface area contributed by atoms with Crippen LogP contribution in [0.15, 0.2) is 18.2 Å². The van der Waals surface area contributed by atoms with Crippen LogP contribution in [0, 0.1) is 31.3 Å². The number of phenols is 2. The first-order valence-electron chi connectivity index (χ1n) is 7.23. The molecule has 2 aromatic rings. The van der Waals surface area contributed by atoms with Crippen molar-refractivity contribution in [1.29, 1.82) is 0 Å². The molecule has 0 aliphatic carbocycles. The van der Waals surface area contributed by atoms with Gasteiger partial charge in [-0.05, 0) is 84.7 Å². The minimum atomic E-state index is -1.10. The van der Waals surface area contributed by atoms with Crippen LogP contribution in [0.3, 0.4) is 0 Å². The summed E-state index contributed by atoms with van der Waals surface area (Å²) in [6.07, 6.45) is 0. The number of aryl methyl sites for hydroxylation is 1. The van der Waals surface area contributed by atoms with Crippen LogP contribution in [0.25, 0.3) is 0 Å². The standard InChI is InChI=1S/C9H9IO3.C9H10O3/c1-4-5(2)8(11)6(9(12)13)3-7(4)10;1-5-3-4-7(9(11)12)8(10)6(5)2/h3,11H,1-2H3,(H,12,13);3-4,10H,1-2H3,(H,11,12). The molecule has 134 valence electrons. The van der Waals surface area contributed by atoms with Crippen molar-refractivity contribution in [3.05, 3.63) is 55.1 Å². The lowest BCUT2D eigenvalue weighted by atomic mass is 10.0. The number of carboxylic acids is 2. The first-order chi connectivity index (χ1) is 11.5. The Morgan fingerprint density at radius 2 is 1.28 bits per heavy atom. The van der Waals surface area contributed by atoms with Gasteiger partial charge in [-0.3, -0.25) is 0 Å². The molecule has 2 aromatic carbocycles. The van der Waals surface area contributed by atoms with Crippen molar-refractivity contribution in [3.8, 4) is 11.5 Å². The van der Waals surface area contributed by atoms with Gasteiger partial charge in [0.2, 0.25) is 0 Å². The summed E-state index contributed by atoms with van der Waals surface area (Å²) in [6.45, 7) is 7.07. The van der Waals surface area contributed by atoms with Crippen LogP contribution in [0.4, 0.5) is 0 Å². The molecule has 0 heterocycles. The third-order valence-electron chi connectivity index (χ3n) is 3.96. The molecule has 0 aliphatic rings. The number of carboxylic acid groups (broad SMARTS) is 2. The maximum absolute atomic E-state index is 10.7. The number of halogens is 1. The molecule has 0 fully saturated rings. The van der Waals surface area contributed by atoms with Gasteiger partial charge in [-0.1, -0.05) is 6.07 Å². The molecule has 0 aromatic heterocycles. The zero-order valence-electron chi connectivity index (χ0n) is 14.2. The van der Waals surface area contributed by atoms with Crippen molar-refractivity contribution in [2.24, 2.45) is 0 Å². The van der Waals surface area contributed by atoms with E-state index in [9.17, 15) is 19.8 Å². The third-order valence-corrected chi connectivity index (χ3v) is 5.09. The fourth-order valence-corrected chi connectivity index (χ4v) is 2.71. The monoisotopic (exact) mass is 458 g/mol. The highest BCUT2D eigenvalue weighted by molar-refractivity contribution is 14.1. The number of hydrogen-bond donors (Lipinski definition) is 4. The fourth-order valence-electron chi connectivity index (χ4n) is 2.00.